The van der Waals surface area contributed by atoms with Gasteiger partial charge in [0.2, 0.25) is 5.43 Å². The fraction of sp³-hybridized carbons (Fsp3) is 0.435. The Balaban J connectivity index is 1.44. The minimum Gasteiger partial charge on any atom is -0.477 e. The zero-order valence-corrected chi connectivity index (χ0v) is 18.7. The number of anilines is 1. The number of carboxylic acids is 1. The summed E-state index contributed by atoms with van der Waals surface area (Å²) in [5, 5.41) is 11.4. The van der Waals surface area contributed by atoms with Gasteiger partial charge in [-0.15, -0.1) is 11.3 Å². The summed E-state index contributed by atoms with van der Waals surface area (Å²) in [7, 11) is 0. The second-order valence-corrected chi connectivity index (χ2v) is 9.68. The lowest BCUT2D eigenvalue weighted by molar-refractivity contribution is -0.124. The number of nitrogens with zero attached hydrogens (tertiary/aromatic N) is 4. The summed E-state index contributed by atoms with van der Waals surface area (Å²) >= 11 is 1.24. The molecule has 4 heterocycles. The van der Waals surface area contributed by atoms with E-state index in [0.717, 1.165) is 18.9 Å². The fourth-order valence-electron chi connectivity index (χ4n) is 4.77. The standard InChI is InChI=1S/C23H23FN4O4S/c24-17-9-15-19(30)16(22(31)32)12-28(23-25-6-7-33-23)20(15)26-21(17)27-10-14(11-27)18(29)8-13-4-2-1-3-5-13/h6-7,9,12-14H,1-5,8,10-11H2,(H,31,32). The third-order valence-electron chi connectivity index (χ3n) is 6.62. The predicted molar refractivity (Wildman–Crippen MR) is 122 cm³/mol. The molecule has 0 radical (unpaired) electrons. The molecule has 0 spiro atoms. The van der Waals surface area contributed by atoms with Crippen LogP contribution in [-0.2, 0) is 4.79 Å². The normalized spacial score (nSPS) is 17.3. The average molecular weight is 471 g/mol. The van der Waals surface area contributed by atoms with Crippen molar-refractivity contribution in [2.45, 2.75) is 38.5 Å². The van der Waals surface area contributed by atoms with E-state index in [-0.39, 0.29) is 28.6 Å². The smallest absolute Gasteiger partial charge is 0.341 e. The van der Waals surface area contributed by atoms with Gasteiger partial charge < -0.3 is 10.0 Å². The van der Waals surface area contributed by atoms with E-state index < -0.39 is 22.8 Å². The Morgan fingerprint density at radius 1 is 1.21 bits per heavy atom. The number of hydrogen-bond acceptors (Lipinski definition) is 7. The number of rotatable bonds is 6. The van der Waals surface area contributed by atoms with E-state index in [1.54, 1.807) is 16.5 Å². The predicted octanol–water partition coefficient (Wildman–Crippen LogP) is 3.66. The Kier molecular flexibility index (Phi) is 5.69. The van der Waals surface area contributed by atoms with Crippen molar-refractivity contribution in [2.75, 3.05) is 18.0 Å². The first kappa shape index (κ1) is 21.7. The molecule has 1 aliphatic carbocycles. The first-order chi connectivity index (χ1) is 15.9. The summed E-state index contributed by atoms with van der Waals surface area (Å²) in [5.74, 6) is -1.52. The maximum absolute atomic E-state index is 15.0. The summed E-state index contributed by atoms with van der Waals surface area (Å²) in [5.41, 5.74) is -1.15. The van der Waals surface area contributed by atoms with Crippen LogP contribution in [0, 0.1) is 17.7 Å². The Morgan fingerprint density at radius 3 is 2.64 bits per heavy atom. The molecular weight excluding hydrogens is 447 g/mol. The Hall–Kier alpha value is -3.14. The molecule has 5 rings (SSSR count). The van der Waals surface area contributed by atoms with Crippen LogP contribution in [0.5, 0.6) is 0 Å². The summed E-state index contributed by atoms with van der Waals surface area (Å²) in [6.45, 7) is 0.769. The third kappa shape index (κ3) is 4.03. The lowest BCUT2D eigenvalue weighted by Gasteiger charge is -2.40. The minimum atomic E-state index is -1.40. The highest BCUT2D eigenvalue weighted by Crippen LogP contribution is 2.32. The highest BCUT2D eigenvalue weighted by atomic mass is 32.1. The molecule has 3 aromatic rings. The third-order valence-corrected chi connectivity index (χ3v) is 7.39. The second kappa shape index (κ2) is 8.66. The highest BCUT2D eigenvalue weighted by molar-refractivity contribution is 7.12. The van der Waals surface area contributed by atoms with Crippen LogP contribution in [0.3, 0.4) is 0 Å². The molecule has 33 heavy (non-hydrogen) atoms. The van der Waals surface area contributed by atoms with Crippen LogP contribution < -0.4 is 10.3 Å². The Labute approximate surface area is 192 Å². The van der Waals surface area contributed by atoms with E-state index in [4.69, 9.17) is 0 Å². The molecule has 8 nitrogen and oxygen atoms in total. The first-order valence-corrected chi connectivity index (χ1v) is 12.0. The number of aromatic nitrogens is 3. The van der Waals surface area contributed by atoms with E-state index in [1.165, 1.54) is 41.4 Å². The molecule has 0 unspecified atom stereocenters. The molecule has 1 saturated carbocycles. The molecule has 172 valence electrons. The molecule has 1 N–H and O–H groups in total. The molecule has 2 fully saturated rings. The van der Waals surface area contributed by atoms with Crippen molar-refractivity contribution in [3.63, 3.8) is 0 Å². The van der Waals surface area contributed by atoms with Crippen molar-refractivity contribution >= 4 is 39.9 Å². The number of ketones is 1. The molecule has 2 aliphatic rings. The van der Waals surface area contributed by atoms with E-state index in [0.29, 0.717) is 30.6 Å². The van der Waals surface area contributed by atoms with Crippen LogP contribution in [0.2, 0.25) is 0 Å². The Bertz CT molecular complexity index is 1280. The number of halogens is 1. The number of carboxylic acid groups (broad SMARTS) is 1. The van der Waals surface area contributed by atoms with Crippen molar-refractivity contribution < 1.29 is 19.1 Å². The number of hydrogen-bond donors (Lipinski definition) is 1. The molecule has 10 heteroatoms. The minimum absolute atomic E-state index is 0.0528. The van der Waals surface area contributed by atoms with Crippen molar-refractivity contribution in [1.82, 2.24) is 14.5 Å². The van der Waals surface area contributed by atoms with Gasteiger partial charge in [0.1, 0.15) is 11.3 Å². The number of thiazole rings is 1. The number of Topliss-reactive ketones (excluding diaryl/α,β-unsaturated/α-hetero) is 1. The van der Waals surface area contributed by atoms with Gasteiger partial charge in [0.25, 0.3) is 0 Å². The summed E-state index contributed by atoms with van der Waals surface area (Å²) in [4.78, 5) is 47.2. The quantitative estimate of drug-likeness (QED) is 0.586. The molecule has 0 aromatic carbocycles. The SMILES string of the molecule is O=C(O)c1cn(-c2nccs2)c2nc(N3CC(C(=O)CC4CCCCC4)C3)c(F)cc2c1=O. The monoisotopic (exact) mass is 470 g/mol. The average Bonchev–Trinajstić information content (AvgIpc) is 3.29. The van der Waals surface area contributed by atoms with Gasteiger partial charge in [-0.3, -0.25) is 14.2 Å². The molecule has 0 amide bonds. The molecule has 1 aliphatic heterocycles. The van der Waals surface area contributed by atoms with Crippen LogP contribution in [-0.4, -0.2) is 44.5 Å². The van der Waals surface area contributed by atoms with Gasteiger partial charge in [-0.25, -0.2) is 19.2 Å². The second-order valence-electron chi connectivity index (χ2n) is 8.80. The van der Waals surface area contributed by atoms with E-state index in [1.807, 2.05) is 0 Å². The summed E-state index contributed by atoms with van der Waals surface area (Å²) < 4.78 is 16.4. The number of fused-ring (bicyclic) bond motifs is 1. The molecule has 1 saturated heterocycles. The molecule has 0 atom stereocenters. The largest absolute Gasteiger partial charge is 0.477 e. The van der Waals surface area contributed by atoms with E-state index >= 15 is 0 Å². The van der Waals surface area contributed by atoms with Gasteiger partial charge >= 0.3 is 5.97 Å². The lowest BCUT2D eigenvalue weighted by atomic mass is 9.82. The van der Waals surface area contributed by atoms with Crippen molar-refractivity contribution in [3.05, 3.63) is 45.4 Å². The van der Waals surface area contributed by atoms with Gasteiger partial charge in [0.15, 0.2) is 22.4 Å². The Morgan fingerprint density at radius 2 is 1.97 bits per heavy atom. The zero-order valence-electron chi connectivity index (χ0n) is 17.9. The maximum atomic E-state index is 15.0. The van der Waals surface area contributed by atoms with Gasteiger partial charge in [0.05, 0.1) is 11.3 Å². The number of carbonyl (C=O) groups is 2. The van der Waals surface area contributed by atoms with Crippen LogP contribution in [0.15, 0.2) is 28.6 Å². The van der Waals surface area contributed by atoms with Crippen LogP contribution in [0.1, 0.15) is 48.9 Å². The van der Waals surface area contributed by atoms with E-state index in [2.05, 4.69) is 9.97 Å². The van der Waals surface area contributed by atoms with Gasteiger partial charge in [-0.1, -0.05) is 32.1 Å². The topological polar surface area (TPSA) is 105 Å². The molecule has 0 bridgehead atoms. The summed E-state index contributed by atoms with van der Waals surface area (Å²) in [6.07, 6.45) is 9.14. The summed E-state index contributed by atoms with van der Waals surface area (Å²) in [6, 6.07) is 1.04. The van der Waals surface area contributed by atoms with Gasteiger partial charge in [0, 0.05) is 37.3 Å². The van der Waals surface area contributed by atoms with Gasteiger partial charge in [-0.2, -0.15) is 0 Å². The number of pyridine rings is 2. The molecule has 3 aromatic heterocycles. The van der Waals surface area contributed by atoms with Crippen molar-refractivity contribution in [2.24, 2.45) is 11.8 Å². The first-order valence-electron chi connectivity index (χ1n) is 11.1. The van der Waals surface area contributed by atoms with Crippen LogP contribution >= 0.6 is 11.3 Å². The fourth-order valence-corrected chi connectivity index (χ4v) is 5.38. The molecular formula is C23H23FN4O4S. The maximum Gasteiger partial charge on any atom is 0.341 e. The van der Waals surface area contributed by atoms with Crippen molar-refractivity contribution in [3.8, 4) is 5.13 Å². The van der Waals surface area contributed by atoms with Crippen LogP contribution in [0.25, 0.3) is 16.2 Å². The zero-order chi connectivity index (χ0) is 23.1. The van der Waals surface area contributed by atoms with Crippen LogP contribution in [0.4, 0.5) is 10.2 Å². The number of aromatic carboxylic acids is 1. The lowest BCUT2D eigenvalue weighted by Crippen LogP contribution is -2.51. The van der Waals surface area contributed by atoms with E-state index in [9.17, 15) is 23.9 Å². The van der Waals surface area contributed by atoms with Crippen molar-refractivity contribution in [1.29, 1.82) is 0 Å². The van der Waals surface area contributed by atoms with Gasteiger partial charge in [-0.05, 0) is 12.0 Å². The highest BCUT2D eigenvalue weighted by Gasteiger charge is 2.36. The number of carbonyl (C=O) groups excluding carboxylic acids is 1.